The van der Waals surface area contributed by atoms with Gasteiger partial charge in [-0.1, -0.05) is 26.0 Å². The van der Waals surface area contributed by atoms with Gasteiger partial charge in [-0.25, -0.2) is 12.8 Å². The van der Waals surface area contributed by atoms with Crippen molar-refractivity contribution in [3.05, 3.63) is 78.1 Å². The van der Waals surface area contributed by atoms with Crippen molar-refractivity contribution in [3.63, 3.8) is 0 Å². The Morgan fingerprint density at radius 2 is 1.76 bits per heavy atom. The van der Waals surface area contributed by atoms with Crippen molar-refractivity contribution in [1.82, 2.24) is 5.48 Å². The quantitative estimate of drug-likeness (QED) is 0.276. The Morgan fingerprint density at radius 1 is 1.07 bits per heavy atom. The Labute approximate surface area is 263 Å². The fraction of sp³-hybridized carbons (Fsp3) is 0.394. The Hall–Kier alpha value is -4.16. The first kappa shape index (κ1) is 32.2. The molecule has 0 spiro atoms. The van der Waals surface area contributed by atoms with Gasteiger partial charge in [-0.2, -0.15) is 10.6 Å². The van der Waals surface area contributed by atoms with Gasteiger partial charge in [-0.3, -0.25) is 9.80 Å². The molecule has 2 aliphatic heterocycles. The van der Waals surface area contributed by atoms with Crippen molar-refractivity contribution < 1.29 is 32.3 Å². The number of benzene rings is 3. The highest BCUT2D eigenvalue weighted by Crippen LogP contribution is 2.34. The van der Waals surface area contributed by atoms with Gasteiger partial charge in [0.25, 0.3) is 0 Å². The number of nitrogens with one attached hydrogen (secondary N) is 1. The highest BCUT2D eigenvalue weighted by Gasteiger charge is 2.37. The minimum atomic E-state index is -3.34. The van der Waals surface area contributed by atoms with Gasteiger partial charge in [-0.05, 0) is 73.4 Å². The number of hydrogen-bond donors (Lipinski definition) is 2. The third-order valence-electron chi connectivity index (χ3n) is 8.40. The fourth-order valence-corrected chi connectivity index (χ4v) is 6.53. The molecule has 5 rings (SSSR count). The van der Waals surface area contributed by atoms with Crippen LogP contribution in [0.15, 0.2) is 76.7 Å². The Morgan fingerprint density at radius 3 is 2.38 bits per heavy atom. The first-order valence-corrected chi connectivity index (χ1v) is 16.9. The molecule has 0 unspecified atom stereocenters. The zero-order chi connectivity index (χ0) is 32.3. The van der Waals surface area contributed by atoms with Gasteiger partial charge >= 0.3 is 5.97 Å². The zero-order valence-corrected chi connectivity index (χ0v) is 26.6. The molecule has 0 radical (unpaired) electrons. The van der Waals surface area contributed by atoms with E-state index in [1.165, 1.54) is 18.2 Å². The summed E-state index contributed by atoms with van der Waals surface area (Å²) in [6, 6.07) is 18.2. The molecule has 0 saturated carbocycles. The lowest BCUT2D eigenvalue weighted by Gasteiger charge is -2.38. The van der Waals surface area contributed by atoms with E-state index in [0.29, 0.717) is 48.3 Å². The minimum Gasteiger partial charge on any atom is -0.494 e. The predicted molar refractivity (Wildman–Crippen MR) is 171 cm³/mol. The molecule has 0 aromatic heterocycles. The van der Waals surface area contributed by atoms with E-state index in [2.05, 4.69) is 12.4 Å². The van der Waals surface area contributed by atoms with E-state index in [9.17, 15) is 22.7 Å². The summed E-state index contributed by atoms with van der Waals surface area (Å²) < 4.78 is 43.9. The second kappa shape index (κ2) is 13.5. The molecule has 4 atom stereocenters. The zero-order valence-electron chi connectivity index (χ0n) is 25.8. The molecule has 10 nitrogen and oxygen atoms in total. The molecule has 0 amide bonds. The molecule has 1 fully saturated rings. The number of carbonyl (C=O) groups is 1. The van der Waals surface area contributed by atoms with E-state index in [1.54, 1.807) is 41.4 Å². The number of halogens is 1. The van der Waals surface area contributed by atoms with E-state index in [4.69, 9.17) is 14.7 Å². The van der Waals surface area contributed by atoms with Crippen LogP contribution in [0.4, 0.5) is 15.8 Å². The van der Waals surface area contributed by atoms with Crippen LogP contribution >= 0.6 is 0 Å². The van der Waals surface area contributed by atoms with Crippen LogP contribution in [-0.4, -0.2) is 63.2 Å². The molecule has 45 heavy (non-hydrogen) atoms. The van der Waals surface area contributed by atoms with E-state index >= 15 is 0 Å². The van der Waals surface area contributed by atoms with Crippen LogP contribution in [0, 0.1) is 17.7 Å². The molecule has 3 aromatic carbocycles. The maximum absolute atomic E-state index is 14.6. The summed E-state index contributed by atoms with van der Waals surface area (Å²) in [5, 5.41) is 16.1. The Balaban J connectivity index is 1.24. The SMILES string of the molecule is CCOc1ccc(F)c(N2CC[C@@H](NOc3ccc(N4N=C(c5ccc(S(C)(=O)=O)cc5)[C@@H](C)[C@@H]4CC(=O)O)cc3)[C@H](C)C2)c1. The van der Waals surface area contributed by atoms with E-state index in [0.717, 1.165) is 18.2 Å². The highest BCUT2D eigenvalue weighted by atomic mass is 32.2. The van der Waals surface area contributed by atoms with Gasteiger partial charge in [0.05, 0.1) is 41.1 Å². The second-order valence-corrected chi connectivity index (χ2v) is 13.7. The number of hydroxylamine groups is 1. The number of aliphatic carboxylic acids is 1. The van der Waals surface area contributed by atoms with Crippen LogP contribution in [-0.2, 0) is 14.6 Å². The molecule has 1 saturated heterocycles. The third kappa shape index (κ3) is 7.39. The summed E-state index contributed by atoms with van der Waals surface area (Å²) in [6.45, 7) is 7.75. The summed E-state index contributed by atoms with van der Waals surface area (Å²) >= 11 is 0. The Bertz CT molecular complexity index is 1650. The van der Waals surface area contributed by atoms with Gasteiger partial charge in [0.1, 0.15) is 17.3 Å². The first-order valence-electron chi connectivity index (χ1n) is 15.0. The number of sulfone groups is 1. The number of piperidine rings is 1. The number of ether oxygens (including phenoxy) is 1. The summed E-state index contributed by atoms with van der Waals surface area (Å²) in [4.78, 5) is 19.9. The van der Waals surface area contributed by atoms with Crippen molar-refractivity contribution in [2.75, 3.05) is 35.9 Å². The average Bonchev–Trinajstić information content (AvgIpc) is 3.32. The predicted octanol–water partition coefficient (Wildman–Crippen LogP) is 5.13. The number of hydrazone groups is 1. The number of nitrogens with zero attached hydrogens (tertiary/aromatic N) is 3. The maximum atomic E-state index is 14.6. The molecular weight excluding hydrogens is 599 g/mol. The summed E-state index contributed by atoms with van der Waals surface area (Å²) in [6.07, 6.45) is 1.79. The maximum Gasteiger partial charge on any atom is 0.305 e. The number of hydrogen-bond acceptors (Lipinski definition) is 9. The van der Waals surface area contributed by atoms with Crippen molar-refractivity contribution in [2.24, 2.45) is 16.9 Å². The van der Waals surface area contributed by atoms with Gasteiger partial charge in [0, 0.05) is 37.4 Å². The standard InChI is InChI=1S/C33H39FN4O6S/c1-5-43-26-12-15-28(34)31(18-26)37-17-16-29(21(2)20-37)36-44-25-10-8-24(9-11-25)38-30(19-32(39)40)22(3)33(35-38)23-6-13-27(14-7-23)45(4,41)42/h6-15,18,21-22,29-30,36H,5,16-17,19-20H2,1-4H3,(H,39,40)/t21-,22+,29-,30+/m1/s1. The van der Waals surface area contributed by atoms with Crippen molar-refractivity contribution >= 4 is 32.9 Å². The molecule has 0 bridgehead atoms. The molecule has 0 aliphatic carbocycles. The summed E-state index contributed by atoms with van der Waals surface area (Å²) in [5.41, 5.74) is 5.85. The first-order chi connectivity index (χ1) is 21.4. The lowest BCUT2D eigenvalue weighted by Crippen LogP contribution is -2.49. The fourth-order valence-electron chi connectivity index (χ4n) is 5.90. The molecule has 2 aliphatic rings. The number of anilines is 2. The molecular formula is C33H39FN4O6S. The normalized spacial score (nSPS) is 21.8. The summed E-state index contributed by atoms with van der Waals surface area (Å²) in [5.74, 6) is -0.00844. The van der Waals surface area contributed by atoms with Crippen molar-refractivity contribution in [1.29, 1.82) is 0 Å². The topological polar surface area (TPSA) is 121 Å². The van der Waals surface area contributed by atoms with Crippen LogP contribution in [0.3, 0.4) is 0 Å². The van der Waals surface area contributed by atoms with Gasteiger partial charge in [-0.15, -0.1) is 0 Å². The average molecular weight is 639 g/mol. The minimum absolute atomic E-state index is 0.0553. The monoisotopic (exact) mass is 638 g/mol. The number of carboxylic acid groups (broad SMARTS) is 1. The largest absolute Gasteiger partial charge is 0.494 e. The van der Waals surface area contributed by atoms with Crippen LogP contribution in [0.5, 0.6) is 11.5 Å². The van der Waals surface area contributed by atoms with Gasteiger partial charge in [0.15, 0.2) is 9.84 Å². The molecule has 2 heterocycles. The Kier molecular flexibility index (Phi) is 9.64. The van der Waals surface area contributed by atoms with Crippen LogP contribution in [0.1, 0.15) is 39.2 Å². The lowest BCUT2D eigenvalue weighted by molar-refractivity contribution is -0.137. The van der Waals surface area contributed by atoms with E-state index < -0.39 is 21.8 Å². The van der Waals surface area contributed by atoms with Crippen LogP contribution in [0.2, 0.25) is 0 Å². The number of carboxylic acids is 1. The van der Waals surface area contributed by atoms with Gasteiger partial charge in [0.2, 0.25) is 0 Å². The lowest BCUT2D eigenvalue weighted by atomic mass is 9.91. The molecule has 2 N–H and O–H groups in total. The van der Waals surface area contributed by atoms with E-state index in [1.807, 2.05) is 30.9 Å². The molecule has 3 aromatic rings. The number of rotatable bonds is 11. The van der Waals surface area contributed by atoms with Crippen LogP contribution < -0.4 is 25.0 Å². The van der Waals surface area contributed by atoms with E-state index in [-0.39, 0.29) is 35.0 Å². The third-order valence-corrected chi connectivity index (χ3v) is 9.53. The molecule has 12 heteroatoms. The molecule has 240 valence electrons. The van der Waals surface area contributed by atoms with Crippen molar-refractivity contribution in [3.8, 4) is 11.5 Å². The van der Waals surface area contributed by atoms with Crippen LogP contribution in [0.25, 0.3) is 0 Å². The second-order valence-electron chi connectivity index (χ2n) is 11.7. The summed E-state index contributed by atoms with van der Waals surface area (Å²) in [7, 11) is -3.34. The van der Waals surface area contributed by atoms with Gasteiger partial charge < -0.3 is 19.6 Å². The smallest absolute Gasteiger partial charge is 0.305 e. The highest BCUT2D eigenvalue weighted by molar-refractivity contribution is 7.90. The van der Waals surface area contributed by atoms with Crippen molar-refractivity contribution in [2.45, 2.75) is 50.6 Å².